The normalized spacial score (nSPS) is 17.0. The maximum Gasteiger partial charge on any atom is 0.274 e. The second-order valence-electron chi connectivity index (χ2n) is 5.44. The van der Waals surface area contributed by atoms with Crippen molar-refractivity contribution in [2.75, 3.05) is 13.7 Å². The first-order valence-electron chi connectivity index (χ1n) is 7.38. The Morgan fingerprint density at radius 3 is 2.81 bits per heavy atom. The van der Waals surface area contributed by atoms with Gasteiger partial charge in [-0.15, -0.1) is 0 Å². The van der Waals surface area contributed by atoms with Gasteiger partial charge in [-0.25, -0.2) is 13.1 Å². The van der Waals surface area contributed by atoms with Gasteiger partial charge in [0.15, 0.2) is 0 Å². The van der Waals surface area contributed by atoms with E-state index >= 15 is 0 Å². The van der Waals surface area contributed by atoms with Crippen LogP contribution in [0.2, 0.25) is 0 Å². The predicted molar refractivity (Wildman–Crippen MR) is 79.5 cm³/mol. The highest BCUT2D eigenvalue weighted by atomic mass is 32.2. The molecular formula is C14H24N2O4S. The molecule has 1 aliphatic rings. The third-order valence-corrected chi connectivity index (χ3v) is 4.76. The second kappa shape index (κ2) is 7.40. The minimum absolute atomic E-state index is 0.0349. The SMILES string of the molecule is CCCC(COC)NS(=O)(=O)c1ccc(CNC2CC2)o1. The summed E-state index contributed by atoms with van der Waals surface area (Å²) >= 11 is 0. The zero-order chi connectivity index (χ0) is 15.3. The van der Waals surface area contributed by atoms with E-state index in [0.717, 1.165) is 12.8 Å². The van der Waals surface area contributed by atoms with Crippen molar-refractivity contribution >= 4 is 10.0 Å². The largest absolute Gasteiger partial charge is 0.447 e. The zero-order valence-electron chi connectivity index (χ0n) is 12.6. The number of rotatable bonds is 10. The summed E-state index contributed by atoms with van der Waals surface area (Å²) in [7, 11) is -2.07. The van der Waals surface area contributed by atoms with E-state index < -0.39 is 10.0 Å². The number of methoxy groups -OCH3 is 1. The second-order valence-corrected chi connectivity index (χ2v) is 7.08. The molecule has 120 valence electrons. The summed E-state index contributed by atoms with van der Waals surface area (Å²) in [5.41, 5.74) is 0. The van der Waals surface area contributed by atoms with Crippen LogP contribution in [0.1, 0.15) is 38.4 Å². The molecule has 0 bridgehead atoms. The van der Waals surface area contributed by atoms with Gasteiger partial charge in [-0.2, -0.15) is 0 Å². The molecular weight excluding hydrogens is 292 g/mol. The molecule has 7 heteroatoms. The van der Waals surface area contributed by atoms with Crippen molar-refractivity contribution in [1.29, 1.82) is 0 Å². The summed E-state index contributed by atoms with van der Waals surface area (Å²) in [4.78, 5) is 0. The van der Waals surface area contributed by atoms with Gasteiger partial charge < -0.3 is 14.5 Å². The van der Waals surface area contributed by atoms with E-state index in [0.29, 0.717) is 25.0 Å². The molecule has 0 saturated heterocycles. The zero-order valence-corrected chi connectivity index (χ0v) is 13.4. The van der Waals surface area contributed by atoms with Gasteiger partial charge >= 0.3 is 0 Å². The molecule has 0 aliphatic heterocycles. The van der Waals surface area contributed by atoms with E-state index in [1.54, 1.807) is 13.2 Å². The molecule has 0 radical (unpaired) electrons. The van der Waals surface area contributed by atoms with Crippen molar-refractivity contribution in [1.82, 2.24) is 10.0 Å². The Hall–Kier alpha value is -0.890. The Kier molecular flexibility index (Phi) is 5.80. The Labute approximate surface area is 126 Å². The van der Waals surface area contributed by atoms with Crippen molar-refractivity contribution in [3.63, 3.8) is 0 Å². The lowest BCUT2D eigenvalue weighted by molar-refractivity contribution is 0.170. The van der Waals surface area contributed by atoms with Gasteiger partial charge in [0.1, 0.15) is 5.76 Å². The smallest absolute Gasteiger partial charge is 0.274 e. The van der Waals surface area contributed by atoms with Gasteiger partial charge in [-0.05, 0) is 31.4 Å². The molecule has 1 fully saturated rings. The molecule has 1 saturated carbocycles. The summed E-state index contributed by atoms with van der Waals surface area (Å²) < 4.78 is 37.7. The van der Waals surface area contributed by atoms with Crippen LogP contribution in [0.5, 0.6) is 0 Å². The number of hydrogen-bond acceptors (Lipinski definition) is 5. The number of ether oxygens (including phenoxy) is 1. The molecule has 6 nitrogen and oxygen atoms in total. The average molecular weight is 316 g/mol. The van der Waals surface area contributed by atoms with Crippen LogP contribution in [0, 0.1) is 0 Å². The van der Waals surface area contributed by atoms with E-state index in [-0.39, 0.29) is 11.1 Å². The highest BCUT2D eigenvalue weighted by molar-refractivity contribution is 7.89. The molecule has 1 unspecified atom stereocenters. The van der Waals surface area contributed by atoms with E-state index in [2.05, 4.69) is 10.0 Å². The fraction of sp³-hybridized carbons (Fsp3) is 0.714. The third-order valence-electron chi connectivity index (χ3n) is 3.37. The molecule has 0 amide bonds. The number of hydrogen-bond donors (Lipinski definition) is 2. The maximum atomic E-state index is 12.3. The van der Waals surface area contributed by atoms with Gasteiger partial charge in [0.05, 0.1) is 13.2 Å². The fourth-order valence-electron chi connectivity index (χ4n) is 2.13. The van der Waals surface area contributed by atoms with Crippen molar-refractivity contribution in [2.24, 2.45) is 0 Å². The minimum Gasteiger partial charge on any atom is -0.447 e. The highest BCUT2D eigenvalue weighted by Gasteiger charge is 2.24. The number of sulfonamides is 1. The molecule has 1 aromatic heterocycles. The van der Waals surface area contributed by atoms with Crippen LogP contribution in [0.25, 0.3) is 0 Å². The molecule has 1 atom stereocenters. The summed E-state index contributed by atoms with van der Waals surface area (Å²) in [6, 6.07) is 3.53. The van der Waals surface area contributed by atoms with Gasteiger partial charge in [0.2, 0.25) is 5.09 Å². The van der Waals surface area contributed by atoms with Crippen molar-refractivity contribution < 1.29 is 17.6 Å². The van der Waals surface area contributed by atoms with E-state index in [1.165, 1.54) is 18.9 Å². The lowest BCUT2D eigenvalue weighted by Crippen LogP contribution is -2.37. The molecule has 2 rings (SSSR count). The van der Waals surface area contributed by atoms with Crippen LogP contribution in [0.3, 0.4) is 0 Å². The first-order valence-corrected chi connectivity index (χ1v) is 8.87. The summed E-state index contributed by atoms with van der Waals surface area (Å²) in [6.45, 7) is 2.92. The van der Waals surface area contributed by atoms with E-state index in [1.807, 2.05) is 6.92 Å². The van der Waals surface area contributed by atoms with Crippen LogP contribution in [0.4, 0.5) is 0 Å². The standard InChI is InChI=1S/C14H24N2O4S/c1-3-4-12(10-19-2)16-21(17,18)14-8-7-13(20-14)9-15-11-5-6-11/h7-8,11-12,15-16H,3-6,9-10H2,1-2H3. The van der Waals surface area contributed by atoms with Gasteiger partial charge in [-0.3, -0.25) is 0 Å². The molecule has 21 heavy (non-hydrogen) atoms. The lowest BCUT2D eigenvalue weighted by atomic mass is 10.2. The minimum atomic E-state index is -3.63. The first kappa shape index (κ1) is 16.5. The Morgan fingerprint density at radius 2 is 2.19 bits per heavy atom. The van der Waals surface area contributed by atoms with Gasteiger partial charge in [-0.1, -0.05) is 13.3 Å². The molecule has 1 aromatic rings. The number of nitrogens with one attached hydrogen (secondary N) is 2. The van der Waals surface area contributed by atoms with Crippen molar-refractivity contribution in [2.45, 2.75) is 56.3 Å². The van der Waals surface area contributed by atoms with Crippen LogP contribution >= 0.6 is 0 Å². The Balaban J connectivity index is 1.96. The fourth-order valence-corrected chi connectivity index (χ4v) is 3.34. The first-order chi connectivity index (χ1) is 10.0. The van der Waals surface area contributed by atoms with Crippen molar-refractivity contribution in [3.05, 3.63) is 17.9 Å². The monoisotopic (exact) mass is 316 g/mol. The highest BCUT2D eigenvalue weighted by Crippen LogP contribution is 2.20. The van der Waals surface area contributed by atoms with Crippen molar-refractivity contribution in [3.8, 4) is 0 Å². The Bertz CT molecular complexity index is 531. The number of furan rings is 1. The summed E-state index contributed by atoms with van der Waals surface area (Å²) in [5.74, 6) is 0.640. The molecule has 1 heterocycles. The topological polar surface area (TPSA) is 80.6 Å². The maximum absolute atomic E-state index is 12.3. The third kappa shape index (κ3) is 5.10. The summed E-state index contributed by atoms with van der Waals surface area (Å²) in [5, 5.41) is 3.26. The molecule has 0 aromatic carbocycles. The van der Waals surface area contributed by atoms with Crippen LogP contribution in [0.15, 0.2) is 21.6 Å². The van der Waals surface area contributed by atoms with Crippen LogP contribution in [-0.2, 0) is 21.3 Å². The molecule has 2 N–H and O–H groups in total. The average Bonchev–Trinajstić information content (AvgIpc) is 3.12. The predicted octanol–water partition coefficient (Wildman–Crippen LogP) is 1.62. The lowest BCUT2D eigenvalue weighted by Gasteiger charge is -2.16. The molecule has 1 aliphatic carbocycles. The quantitative estimate of drug-likeness (QED) is 0.686. The summed E-state index contributed by atoms with van der Waals surface area (Å²) in [6.07, 6.45) is 3.97. The van der Waals surface area contributed by atoms with Gasteiger partial charge in [0.25, 0.3) is 10.0 Å². The van der Waals surface area contributed by atoms with Crippen LogP contribution in [-0.4, -0.2) is 34.2 Å². The Morgan fingerprint density at radius 1 is 1.43 bits per heavy atom. The van der Waals surface area contributed by atoms with E-state index in [9.17, 15) is 8.42 Å². The van der Waals surface area contributed by atoms with Gasteiger partial charge in [0, 0.05) is 19.2 Å². The molecule has 0 spiro atoms. The van der Waals surface area contributed by atoms with Crippen LogP contribution < -0.4 is 10.0 Å². The van der Waals surface area contributed by atoms with E-state index in [4.69, 9.17) is 9.15 Å².